The first-order valence-electron chi connectivity index (χ1n) is 12.0. The Labute approximate surface area is 219 Å². The molecule has 2 aromatic heterocycles. The highest BCUT2D eigenvalue weighted by Gasteiger charge is 2.24. The molecule has 4 aromatic rings. The van der Waals surface area contributed by atoms with E-state index in [1.165, 1.54) is 35.6 Å². The van der Waals surface area contributed by atoms with Crippen LogP contribution in [0.25, 0.3) is 10.2 Å². The van der Waals surface area contributed by atoms with Crippen LogP contribution in [-0.4, -0.2) is 35.2 Å². The molecule has 4 rings (SSSR count). The van der Waals surface area contributed by atoms with Crippen molar-refractivity contribution in [2.75, 3.05) is 19.0 Å². The number of hydrogen-bond acceptors (Lipinski definition) is 7. The Kier molecular flexibility index (Phi) is 8.37. The average Bonchev–Trinajstić information content (AvgIpc) is 3.24. The number of carbonyl (C=O) groups excluding carboxylic acids is 1. The molecule has 2 heterocycles. The van der Waals surface area contributed by atoms with Crippen LogP contribution in [0.3, 0.4) is 0 Å². The van der Waals surface area contributed by atoms with Gasteiger partial charge in [0.25, 0.3) is 11.6 Å². The number of aliphatic imine (C=N–C) groups is 1. The van der Waals surface area contributed by atoms with Gasteiger partial charge in [-0.05, 0) is 37.1 Å². The van der Waals surface area contributed by atoms with E-state index < -0.39 is 4.92 Å². The molecule has 1 N–H and O–H groups in total. The first kappa shape index (κ1) is 26.1. The number of unbranched alkanes of at least 4 members (excludes halogenated alkanes) is 1. The lowest BCUT2D eigenvalue weighted by Crippen LogP contribution is -2.15. The highest BCUT2D eigenvalue weighted by molar-refractivity contribution is 7.21. The van der Waals surface area contributed by atoms with Crippen LogP contribution in [0, 0.1) is 17.0 Å². The Morgan fingerprint density at radius 2 is 1.86 bits per heavy atom. The fraction of sp³-hybridized carbons (Fsp3) is 0.250. The van der Waals surface area contributed by atoms with Gasteiger partial charge in [0.2, 0.25) is 0 Å². The summed E-state index contributed by atoms with van der Waals surface area (Å²) in [7, 11) is 1.63. The number of rotatable bonds is 10. The summed E-state index contributed by atoms with van der Waals surface area (Å²) in [4.78, 5) is 35.2. The summed E-state index contributed by atoms with van der Waals surface area (Å²) in [5.74, 6) is -0.374. The van der Waals surface area contributed by atoms with Crippen LogP contribution in [0.15, 0.2) is 65.7 Å². The zero-order valence-electron chi connectivity index (χ0n) is 21.0. The van der Waals surface area contributed by atoms with E-state index in [1.54, 1.807) is 7.11 Å². The predicted molar refractivity (Wildman–Crippen MR) is 148 cm³/mol. The summed E-state index contributed by atoms with van der Waals surface area (Å²) in [5, 5.41) is 14.9. The maximum Gasteiger partial charge on any atom is 0.269 e. The fourth-order valence-corrected chi connectivity index (χ4v) is 5.28. The van der Waals surface area contributed by atoms with Gasteiger partial charge in [0.1, 0.15) is 4.83 Å². The zero-order chi connectivity index (χ0) is 26.4. The molecule has 37 heavy (non-hydrogen) atoms. The van der Waals surface area contributed by atoms with Crippen molar-refractivity contribution in [1.29, 1.82) is 0 Å². The molecule has 0 fully saturated rings. The third-order valence-electron chi connectivity index (χ3n) is 5.79. The quantitative estimate of drug-likeness (QED) is 0.111. The number of non-ortho nitro benzene ring substituents is 1. The minimum atomic E-state index is -0.490. The molecule has 1 amide bonds. The normalized spacial score (nSPS) is 11.6. The molecule has 0 aliphatic carbocycles. The molecule has 0 saturated carbocycles. The van der Waals surface area contributed by atoms with E-state index in [9.17, 15) is 14.9 Å². The predicted octanol–water partition coefficient (Wildman–Crippen LogP) is 6.55. The van der Waals surface area contributed by atoms with Gasteiger partial charge in [-0.2, -0.15) is 0 Å². The number of thiophene rings is 1. The number of ether oxygens (including phenoxy) is 1. The monoisotopic (exact) mass is 516 g/mol. The molecule has 0 spiro atoms. The van der Waals surface area contributed by atoms with E-state index in [4.69, 9.17) is 14.7 Å². The first-order chi connectivity index (χ1) is 17.9. The highest BCUT2D eigenvalue weighted by Crippen LogP contribution is 2.39. The number of nitrogens with zero attached hydrogens (tertiary/aromatic N) is 3. The minimum Gasteiger partial charge on any atom is -0.380 e. The van der Waals surface area contributed by atoms with Gasteiger partial charge in [-0.1, -0.05) is 43.7 Å². The summed E-state index contributed by atoms with van der Waals surface area (Å²) in [6.45, 7) is 5.06. The number of fused-ring (bicyclic) bond motifs is 1. The largest absolute Gasteiger partial charge is 0.380 e. The van der Waals surface area contributed by atoms with Crippen LogP contribution in [0.1, 0.15) is 51.8 Å². The van der Waals surface area contributed by atoms with Crippen LogP contribution in [0.4, 0.5) is 11.4 Å². The lowest BCUT2D eigenvalue weighted by atomic mass is 10.0. The van der Waals surface area contributed by atoms with Crippen molar-refractivity contribution >= 4 is 44.5 Å². The van der Waals surface area contributed by atoms with Gasteiger partial charge in [0.15, 0.2) is 0 Å². The van der Waals surface area contributed by atoms with E-state index in [1.807, 2.05) is 43.3 Å². The van der Waals surface area contributed by atoms with Gasteiger partial charge in [0, 0.05) is 48.0 Å². The number of methoxy groups -OCH3 is 1. The van der Waals surface area contributed by atoms with Crippen molar-refractivity contribution in [3.05, 3.63) is 98.0 Å². The number of nitro groups is 1. The van der Waals surface area contributed by atoms with E-state index in [0.29, 0.717) is 24.4 Å². The maximum absolute atomic E-state index is 13.4. The van der Waals surface area contributed by atoms with Crippen molar-refractivity contribution in [3.63, 3.8) is 0 Å². The average molecular weight is 517 g/mol. The van der Waals surface area contributed by atoms with Crippen molar-refractivity contribution in [1.82, 2.24) is 4.98 Å². The third-order valence-corrected chi connectivity index (χ3v) is 6.88. The Balaban J connectivity index is 1.89. The molecular formula is C28H28N4O4S. The Morgan fingerprint density at radius 1 is 1.14 bits per heavy atom. The number of anilines is 1. The van der Waals surface area contributed by atoms with E-state index in [0.717, 1.165) is 50.5 Å². The second-order valence-corrected chi connectivity index (χ2v) is 9.55. The van der Waals surface area contributed by atoms with Crippen molar-refractivity contribution in [2.24, 2.45) is 4.99 Å². The molecule has 8 nitrogen and oxygen atoms in total. The SMILES string of the molecule is CCCCN=C(c1ccccc1)c1sc2nc(C)cc(COC)c2c1NC(=O)c1ccc([N+](=O)[O-])cc1. The zero-order valence-corrected chi connectivity index (χ0v) is 21.8. The summed E-state index contributed by atoms with van der Waals surface area (Å²) >= 11 is 1.48. The molecule has 9 heteroatoms. The lowest BCUT2D eigenvalue weighted by Gasteiger charge is -2.12. The third kappa shape index (κ3) is 5.90. The summed E-state index contributed by atoms with van der Waals surface area (Å²) in [6, 6.07) is 17.4. The molecular weight excluding hydrogens is 488 g/mol. The van der Waals surface area contributed by atoms with Crippen LogP contribution >= 0.6 is 11.3 Å². The molecule has 0 atom stereocenters. The standard InChI is InChI=1S/C28H28N4O4S/c1-4-5-15-29-24(19-9-7-6-8-10-19)26-25(23-21(17-36-3)16-18(2)30-28(23)37-26)31-27(33)20-11-13-22(14-12-20)32(34)35/h6-14,16H,4-5,15,17H2,1-3H3,(H,31,33). The molecule has 0 saturated heterocycles. The van der Waals surface area contributed by atoms with E-state index >= 15 is 0 Å². The smallest absolute Gasteiger partial charge is 0.269 e. The van der Waals surface area contributed by atoms with Gasteiger partial charge >= 0.3 is 0 Å². The van der Waals surface area contributed by atoms with Crippen LogP contribution in [0.2, 0.25) is 0 Å². The van der Waals surface area contributed by atoms with Gasteiger partial charge in [0.05, 0.1) is 27.8 Å². The Hall–Kier alpha value is -3.95. The number of carbonyl (C=O) groups is 1. The summed E-state index contributed by atoms with van der Waals surface area (Å²) in [6.07, 6.45) is 1.96. The number of nitrogens with one attached hydrogen (secondary N) is 1. The second kappa shape index (κ2) is 11.9. The second-order valence-electron chi connectivity index (χ2n) is 8.55. The number of benzene rings is 2. The number of aryl methyl sites for hydroxylation is 1. The number of aromatic nitrogens is 1. The van der Waals surface area contributed by atoms with Gasteiger partial charge in [-0.15, -0.1) is 11.3 Å². The first-order valence-corrected chi connectivity index (χ1v) is 12.8. The Bertz CT molecular complexity index is 1450. The summed E-state index contributed by atoms with van der Waals surface area (Å²) < 4.78 is 5.48. The van der Waals surface area contributed by atoms with Crippen molar-refractivity contribution < 1.29 is 14.5 Å². The van der Waals surface area contributed by atoms with Crippen LogP contribution in [-0.2, 0) is 11.3 Å². The minimum absolute atomic E-state index is 0.0744. The van der Waals surface area contributed by atoms with E-state index in [-0.39, 0.29) is 11.6 Å². The molecule has 0 aliphatic heterocycles. The fourth-order valence-electron chi connectivity index (χ4n) is 4.03. The van der Waals surface area contributed by atoms with Crippen LogP contribution < -0.4 is 5.32 Å². The van der Waals surface area contributed by atoms with Gasteiger partial charge in [-0.25, -0.2) is 4.98 Å². The van der Waals surface area contributed by atoms with Crippen molar-refractivity contribution in [3.8, 4) is 0 Å². The highest BCUT2D eigenvalue weighted by atomic mass is 32.1. The topological polar surface area (TPSA) is 107 Å². The Morgan fingerprint density at radius 3 is 2.51 bits per heavy atom. The molecule has 0 radical (unpaired) electrons. The van der Waals surface area contributed by atoms with E-state index in [2.05, 4.69) is 12.2 Å². The van der Waals surface area contributed by atoms with Gasteiger partial charge in [-0.3, -0.25) is 19.9 Å². The number of amides is 1. The number of nitro benzene ring substituents is 1. The van der Waals surface area contributed by atoms with Crippen LogP contribution in [0.5, 0.6) is 0 Å². The molecule has 0 bridgehead atoms. The summed E-state index contributed by atoms with van der Waals surface area (Å²) in [5.41, 5.74) is 4.35. The molecule has 190 valence electrons. The van der Waals surface area contributed by atoms with Gasteiger partial charge < -0.3 is 10.1 Å². The lowest BCUT2D eigenvalue weighted by molar-refractivity contribution is -0.384. The number of hydrogen-bond donors (Lipinski definition) is 1. The molecule has 0 aliphatic rings. The molecule has 2 aromatic carbocycles. The number of pyridine rings is 1. The maximum atomic E-state index is 13.4. The van der Waals surface area contributed by atoms with Crippen molar-refractivity contribution in [2.45, 2.75) is 33.3 Å². The molecule has 0 unspecified atom stereocenters.